The van der Waals surface area contributed by atoms with E-state index in [2.05, 4.69) is 45.7 Å². The first-order chi connectivity index (χ1) is 10.1. The van der Waals surface area contributed by atoms with Crippen molar-refractivity contribution < 1.29 is 4.79 Å². The van der Waals surface area contributed by atoms with Gasteiger partial charge in [0.2, 0.25) is 0 Å². The maximum Gasteiger partial charge on any atom is 0.255 e. The fourth-order valence-corrected chi connectivity index (χ4v) is 2.75. The SMILES string of the molecule is CN(C(=O)C1=CN(C(C)(C)C)CCC1(C)C)c1ccccc1. The number of anilines is 1. The summed E-state index contributed by atoms with van der Waals surface area (Å²) in [7, 11) is 1.85. The standard InChI is InChI=1S/C19H28N2O/c1-18(2,3)21-13-12-19(4,5)16(14-21)17(22)20(6)15-10-8-7-9-11-15/h7-11,14H,12-13H2,1-6H3. The van der Waals surface area contributed by atoms with Gasteiger partial charge in [0.25, 0.3) is 5.91 Å². The number of amides is 1. The summed E-state index contributed by atoms with van der Waals surface area (Å²) in [4.78, 5) is 17.0. The molecular formula is C19H28N2O. The van der Waals surface area contributed by atoms with Gasteiger partial charge in [-0.1, -0.05) is 32.0 Å². The van der Waals surface area contributed by atoms with E-state index in [9.17, 15) is 4.79 Å². The van der Waals surface area contributed by atoms with Crippen LogP contribution in [0.2, 0.25) is 0 Å². The first kappa shape index (κ1) is 16.6. The molecule has 0 fully saturated rings. The van der Waals surface area contributed by atoms with Crippen LogP contribution in [0.3, 0.4) is 0 Å². The summed E-state index contributed by atoms with van der Waals surface area (Å²) >= 11 is 0. The van der Waals surface area contributed by atoms with Crippen LogP contribution in [0.5, 0.6) is 0 Å². The number of hydrogen-bond acceptors (Lipinski definition) is 2. The number of para-hydroxylation sites is 1. The molecule has 22 heavy (non-hydrogen) atoms. The van der Waals surface area contributed by atoms with E-state index in [-0.39, 0.29) is 16.9 Å². The fourth-order valence-electron chi connectivity index (χ4n) is 2.75. The summed E-state index contributed by atoms with van der Waals surface area (Å²) in [6.45, 7) is 11.9. The second kappa shape index (κ2) is 5.79. The molecule has 0 atom stereocenters. The third-order valence-electron chi connectivity index (χ3n) is 4.53. The third-order valence-corrected chi connectivity index (χ3v) is 4.53. The third kappa shape index (κ3) is 3.34. The van der Waals surface area contributed by atoms with Gasteiger partial charge in [0.1, 0.15) is 0 Å². The molecule has 0 aromatic heterocycles. The van der Waals surface area contributed by atoms with E-state index in [1.165, 1.54) is 0 Å². The predicted octanol–water partition coefficient (Wildman–Crippen LogP) is 4.06. The van der Waals surface area contributed by atoms with E-state index in [4.69, 9.17) is 0 Å². The van der Waals surface area contributed by atoms with Gasteiger partial charge in [0.05, 0.1) is 0 Å². The van der Waals surface area contributed by atoms with Crippen LogP contribution in [0.25, 0.3) is 0 Å². The molecule has 1 amide bonds. The predicted molar refractivity (Wildman–Crippen MR) is 92.8 cm³/mol. The molecule has 1 aromatic rings. The van der Waals surface area contributed by atoms with Crippen LogP contribution in [-0.4, -0.2) is 29.9 Å². The van der Waals surface area contributed by atoms with Crippen LogP contribution in [0, 0.1) is 5.41 Å². The molecular weight excluding hydrogens is 272 g/mol. The molecule has 1 aromatic carbocycles. The van der Waals surface area contributed by atoms with Crippen molar-refractivity contribution in [1.82, 2.24) is 4.90 Å². The van der Waals surface area contributed by atoms with Crippen molar-refractivity contribution in [2.75, 3.05) is 18.5 Å². The molecule has 0 unspecified atom stereocenters. The van der Waals surface area contributed by atoms with Crippen LogP contribution < -0.4 is 4.90 Å². The van der Waals surface area contributed by atoms with E-state index in [1.54, 1.807) is 4.90 Å². The molecule has 2 rings (SSSR count). The maximum absolute atomic E-state index is 13.0. The Bertz CT molecular complexity index is 567. The quantitative estimate of drug-likeness (QED) is 0.822. The van der Waals surface area contributed by atoms with Gasteiger partial charge in [0.15, 0.2) is 0 Å². The monoisotopic (exact) mass is 300 g/mol. The van der Waals surface area contributed by atoms with Crippen LogP contribution in [0.4, 0.5) is 5.69 Å². The van der Waals surface area contributed by atoms with Crippen molar-refractivity contribution in [3.63, 3.8) is 0 Å². The molecule has 1 aliphatic rings. The van der Waals surface area contributed by atoms with Crippen molar-refractivity contribution in [2.24, 2.45) is 5.41 Å². The summed E-state index contributed by atoms with van der Waals surface area (Å²) in [5.74, 6) is 0.0881. The lowest BCUT2D eigenvalue weighted by molar-refractivity contribution is -0.116. The highest BCUT2D eigenvalue weighted by atomic mass is 16.2. The number of rotatable bonds is 2. The zero-order valence-corrected chi connectivity index (χ0v) is 14.7. The van der Waals surface area contributed by atoms with E-state index in [1.807, 2.05) is 37.4 Å². The molecule has 0 saturated heterocycles. The number of likely N-dealkylation sites (N-methyl/N-ethyl adjacent to an activating group) is 1. The summed E-state index contributed by atoms with van der Waals surface area (Å²) < 4.78 is 0. The molecule has 3 heteroatoms. The molecule has 0 bridgehead atoms. The molecule has 1 aliphatic heterocycles. The lowest BCUT2D eigenvalue weighted by Gasteiger charge is -2.44. The van der Waals surface area contributed by atoms with Gasteiger partial charge < -0.3 is 9.80 Å². The smallest absolute Gasteiger partial charge is 0.255 e. The minimum atomic E-state index is -0.0954. The van der Waals surface area contributed by atoms with E-state index in [0.717, 1.165) is 24.2 Å². The zero-order chi connectivity index (χ0) is 16.5. The highest BCUT2D eigenvalue weighted by Gasteiger charge is 2.36. The lowest BCUT2D eigenvalue weighted by Crippen LogP contribution is -2.46. The van der Waals surface area contributed by atoms with Gasteiger partial charge in [-0.25, -0.2) is 0 Å². The topological polar surface area (TPSA) is 23.6 Å². The zero-order valence-electron chi connectivity index (χ0n) is 14.7. The molecule has 120 valence electrons. The number of nitrogens with zero attached hydrogens (tertiary/aromatic N) is 2. The molecule has 0 spiro atoms. The Balaban J connectivity index is 2.34. The molecule has 0 saturated carbocycles. The Morgan fingerprint density at radius 3 is 2.32 bits per heavy atom. The van der Waals surface area contributed by atoms with Crippen LogP contribution in [0.15, 0.2) is 42.1 Å². The summed E-state index contributed by atoms with van der Waals surface area (Å²) in [5, 5.41) is 0. The Labute approximate surface area is 134 Å². The first-order valence-electron chi connectivity index (χ1n) is 7.95. The van der Waals surface area contributed by atoms with Gasteiger partial charge in [0, 0.05) is 36.6 Å². The van der Waals surface area contributed by atoms with Gasteiger partial charge in [-0.05, 0) is 44.7 Å². The van der Waals surface area contributed by atoms with Gasteiger partial charge in [-0.3, -0.25) is 4.79 Å². The van der Waals surface area contributed by atoms with Crippen molar-refractivity contribution in [1.29, 1.82) is 0 Å². The molecule has 0 aliphatic carbocycles. The van der Waals surface area contributed by atoms with E-state index in [0.29, 0.717) is 0 Å². The van der Waals surface area contributed by atoms with Crippen molar-refractivity contribution in [3.8, 4) is 0 Å². The minimum absolute atomic E-state index is 0.0351. The second-order valence-electron chi connectivity index (χ2n) is 7.74. The molecule has 3 nitrogen and oxygen atoms in total. The van der Waals surface area contributed by atoms with Crippen LogP contribution in [-0.2, 0) is 4.79 Å². The second-order valence-corrected chi connectivity index (χ2v) is 7.74. The normalized spacial score (nSPS) is 17.9. The Morgan fingerprint density at radius 1 is 1.18 bits per heavy atom. The number of benzene rings is 1. The van der Waals surface area contributed by atoms with Gasteiger partial charge in [-0.2, -0.15) is 0 Å². The van der Waals surface area contributed by atoms with Crippen LogP contribution >= 0.6 is 0 Å². The average Bonchev–Trinajstić information content (AvgIpc) is 2.45. The Morgan fingerprint density at radius 2 is 1.77 bits per heavy atom. The highest BCUT2D eigenvalue weighted by molar-refractivity contribution is 6.06. The number of hydrogen-bond donors (Lipinski definition) is 0. The summed E-state index contributed by atoms with van der Waals surface area (Å²) in [6, 6.07) is 9.82. The molecule has 0 radical (unpaired) electrons. The van der Waals surface area contributed by atoms with Crippen molar-refractivity contribution in [3.05, 3.63) is 42.1 Å². The largest absolute Gasteiger partial charge is 0.372 e. The number of carbonyl (C=O) groups excluding carboxylic acids is 1. The Hall–Kier alpha value is -1.77. The highest BCUT2D eigenvalue weighted by Crippen LogP contribution is 2.38. The molecule has 0 N–H and O–H groups in total. The fraction of sp³-hybridized carbons (Fsp3) is 0.526. The van der Waals surface area contributed by atoms with Crippen molar-refractivity contribution in [2.45, 2.75) is 46.6 Å². The summed E-state index contributed by atoms with van der Waals surface area (Å²) in [6.07, 6.45) is 3.07. The van der Waals surface area contributed by atoms with Gasteiger partial charge in [-0.15, -0.1) is 0 Å². The van der Waals surface area contributed by atoms with E-state index < -0.39 is 0 Å². The maximum atomic E-state index is 13.0. The average molecular weight is 300 g/mol. The lowest BCUT2D eigenvalue weighted by atomic mass is 9.77. The van der Waals surface area contributed by atoms with E-state index >= 15 is 0 Å². The minimum Gasteiger partial charge on any atom is -0.372 e. The Kier molecular flexibility index (Phi) is 4.37. The van der Waals surface area contributed by atoms with Crippen LogP contribution in [0.1, 0.15) is 41.0 Å². The molecule has 1 heterocycles. The van der Waals surface area contributed by atoms with Gasteiger partial charge >= 0.3 is 0 Å². The summed E-state index contributed by atoms with van der Waals surface area (Å²) in [5.41, 5.74) is 1.76. The number of carbonyl (C=O) groups is 1. The van der Waals surface area contributed by atoms with Crippen molar-refractivity contribution >= 4 is 11.6 Å². The first-order valence-corrected chi connectivity index (χ1v) is 7.95.